The molecule has 0 amide bonds. The fourth-order valence-electron chi connectivity index (χ4n) is 1.74. The van der Waals surface area contributed by atoms with E-state index in [0.717, 1.165) is 18.7 Å². The van der Waals surface area contributed by atoms with Gasteiger partial charge in [-0.05, 0) is 31.7 Å². The Bertz CT molecular complexity index is 404. The number of Topliss-reactive ketones (excluding diaryl/α,β-unsaturated/α-hetero) is 1. The highest BCUT2D eigenvalue weighted by atomic mass is 16.5. The molecule has 0 spiro atoms. The zero-order valence-electron chi connectivity index (χ0n) is 11.3. The summed E-state index contributed by atoms with van der Waals surface area (Å²) in [5, 5.41) is 9.82. The molecule has 0 saturated heterocycles. The topological polar surface area (TPSA) is 49.8 Å². The molecule has 0 unspecified atom stereocenters. The van der Waals surface area contributed by atoms with Crippen molar-refractivity contribution in [2.45, 2.75) is 20.4 Å². The number of methoxy groups -OCH3 is 1. The smallest absolute Gasteiger partial charge is 0.159 e. The van der Waals surface area contributed by atoms with Gasteiger partial charge in [-0.25, -0.2) is 0 Å². The molecule has 18 heavy (non-hydrogen) atoms. The van der Waals surface area contributed by atoms with Crippen LogP contribution in [0.15, 0.2) is 18.2 Å². The van der Waals surface area contributed by atoms with Crippen LogP contribution in [0, 0.1) is 0 Å². The molecule has 4 nitrogen and oxygen atoms in total. The number of carbonyl (C=O) groups is 1. The number of nitrogens with zero attached hydrogens (tertiary/aromatic N) is 1. The van der Waals surface area contributed by atoms with Gasteiger partial charge in [0.15, 0.2) is 5.78 Å². The van der Waals surface area contributed by atoms with Crippen molar-refractivity contribution in [3.63, 3.8) is 0 Å². The fraction of sp³-hybridized carbons (Fsp3) is 0.500. The minimum Gasteiger partial charge on any atom is -0.508 e. The zero-order valence-corrected chi connectivity index (χ0v) is 11.3. The summed E-state index contributed by atoms with van der Waals surface area (Å²) in [4.78, 5) is 13.5. The van der Waals surface area contributed by atoms with Gasteiger partial charge in [-0.15, -0.1) is 0 Å². The lowest BCUT2D eigenvalue weighted by atomic mass is 10.1. The van der Waals surface area contributed by atoms with Gasteiger partial charge in [0.25, 0.3) is 0 Å². The maximum absolute atomic E-state index is 11.3. The van der Waals surface area contributed by atoms with E-state index in [1.54, 1.807) is 25.3 Å². The lowest BCUT2D eigenvalue weighted by molar-refractivity contribution is 0.101. The molecule has 1 rings (SSSR count). The van der Waals surface area contributed by atoms with Gasteiger partial charge in [0, 0.05) is 31.3 Å². The van der Waals surface area contributed by atoms with E-state index in [2.05, 4.69) is 11.8 Å². The van der Waals surface area contributed by atoms with E-state index in [1.807, 2.05) is 0 Å². The average molecular weight is 251 g/mol. The second-order valence-electron chi connectivity index (χ2n) is 4.26. The van der Waals surface area contributed by atoms with Crippen molar-refractivity contribution in [2.75, 3.05) is 26.8 Å². The number of carbonyl (C=O) groups excluding carboxylic acids is 1. The highest BCUT2D eigenvalue weighted by Crippen LogP contribution is 2.20. The predicted octanol–water partition coefficient (Wildman–Crippen LogP) is 2.06. The molecule has 0 aromatic heterocycles. The van der Waals surface area contributed by atoms with Crippen LogP contribution in [0.3, 0.4) is 0 Å². The first-order chi connectivity index (χ1) is 8.58. The van der Waals surface area contributed by atoms with Crippen LogP contribution in [0.5, 0.6) is 5.75 Å². The summed E-state index contributed by atoms with van der Waals surface area (Å²) in [6.45, 7) is 6.53. The Morgan fingerprint density at radius 1 is 1.44 bits per heavy atom. The zero-order chi connectivity index (χ0) is 13.5. The Kier molecular flexibility index (Phi) is 5.82. The Hall–Kier alpha value is -1.39. The highest BCUT2D eigenvalue weighted by molar-refractivity contribution is 5.94. The average Bonchev–Trinajstić information content (AvgIpc) is 2.36. The molecule has 1 N–H and O–H groups in total. The minimum atomic E-state index is 0.0104. The predicted molar refractivity (Wildman–Crippen MR) is 70.9 cm³/mol. The largest absolute Gasteiger partial charge is 0.508 e. The molecule has 100 valence electrons. The lowest BCUT2D eigenvalue weighted by Gasteiger charge is -2.20. The van der Waals surface area contributed by atoms with Crippen LogP contribution in [-0.2, 0) is 11.3 Å². The van der Waals surface area contributed by atoms with Crippen LogP contribution in [0.1, 0.15) is 29.8 Å². The molecular formula is C14H21NO3. The Morgan fingerprint density at radius 3 is 2.72 bits per heavy atom. The molecule has 0 fully saturated rings. The normalized spacial score (nSPS) is 10.9. The summed E-state index contributed by atoms with van der Waals surface area (Å²) in [5.41, 5.74) is 1.41. The molecule has 1 aromatic carbocycles. The summed E-state index contributed by atoms with van der Waals surface area (Å²) >= 11 is 0. The SMILES string of the molecule is CCN(CCOC)Cc1cc(C(C)=O)ccc1O. The number of ether oxygens (including phenoxy) is 1. The summed E-state index contributed by atoms with van der Waals surface area (Å²) in [6, 6.07) is 4.98. The van der Waals surface area contributed by atoms with E-state index in [0.29, 0.717) is 18.7 Å². The van der Waals surface area contributed by atoms with Gasteiger partial charge < -0.3 is 9.84 Å². The molecular weight excluding hydrogens is 230 g/mol. The number of hydrogen-bond donors (Lipinski definition) is 1. The van der Waals surface area contributed by atoms with E-state index in [-0.39, 0.29) is 11.5 Å². The number of benzene rings is 1. The van der Waals surface area contributed by atoms with Gasteiger partial charge in [0.2, 0.25) is 0 Å². The monoisotopic (exact) mass is 251 g/mol. The second-order valence-corrected chi connectivity index (χ2v) is 4.26. The van der Waals surface area contributed by atoms with E-state index >= 15 is 0 Å². The van der Waals surface area contributed by atoms with Crippen LogP contribution in [0.25, 0.3) is 0 Å². The van der Waals surface area contributed by atoms with Gasteiger partial charge >= 0.3 is 0 Å². The van der Waals surface area contributed by atoms with Gasteiger partial charge in [-0.1, -0.05) is 6.92 Å². The number of hydrogen-bond acceptors (Lipinski definition) is 4. The van der Waals surface area contributed by atoms with Crippen molar-refractivity contribution in [1.82, 2.24) is 4.90 Å². The maximum Gasteiger partial charge on any atom is 0.159 e. The maximum atomic E-state index is 11.3. The number of likely N-dealkylation sites (N-methyl/N-ethyl adjacent to an activating group) is 1. The first kappa shape index (κ1) is 14.7. The second kappa shape index (κ2) is 7.13. The Morgan fingerprint density at radius 2 is 2.17 bits per heavy atom. The van der Waals surface area contributed by atoms with Crippen LogP contribution >= 0.6 is 0 Å². The number of ketones is 1. The van der Waals surface area contributed by atoms with Crippen molar-refractivity contribution in [3.8, 4) is 5.75 Å². The third kappa shape index (κ3) is 4.13. The van der Waals surface area contributed by atoms with Crippen molar-refractivity contribution in [2.24, 2.45) is 0 Å². The van der Waals surface area contributed by atoms with Crippen LogP contribution in [-0.4, -0.2) is 42.6 Å². The van der Waals surface area contributed by atoms with E-state index in [4.69, 9.17) is 4.74 Å². The van der Waals surface area contributed by atoms with E-state index in [9.17, 15) is 9.90 Å². The number of phenols is 1. The van der Waals surface area contributed by atoms with Crippen molar-refractivity contribution >= 4 is 5.78 Å². The number of rotatable bonds is 7. The van der Waals surface area contributed by atoms with Gasteiger partial charge in [0.05, 0.1) is 6.61 Å². The summed E-state index contributed by atoms with van der Waals surface area (Å²) in [7, 11) is 1.67. The van der Waals surface area contributed by atoms with Crippen LogP contribution in [0.2, 0.25) is 0 Å². The lowest BCUT2D eigenvalue weighted by Crippen LogP contribution is -2.26. The number of aromatic hydroxyl groups is 1. The third-order valence-electron chi connectivity index (χ3n) is 2.94. The molecule has 0 aliphatic carbocycles. The molecule has 0 radical (unpaired) electrons. The van der Waals surface area contributed by atoms with Crippen LogP contribution in [0.4, 0.5) is 0 Å². The molecule has 0 aliphatic rings. The molecule has 0 aliphatic heterocycles. The highest BCUT2D eigenvalue weighted by Gasteiger charge is 2.09. The van der Waals surface area contributed by atoms with Gasteiger partial charge in [-0.2, -0.15) is 0 Å². The summed E-state index contributed by atoms with van der Waals surface area (Å²) in [6.07, 6.45) is 0. The van der Waals surface area contributed by atoms with E-state index in [1.165, 1.54) is 6.92 Å². The minimum absolute atomic E-state index is 0.0104. The molecule has 0 saturated carbocycles. The Labute approximate surface area is 108 Å². The standard InChI is InChI=1S/C14H21NO3/c1-4-15(7-8-18-3)10-13-9-12(11(2)16)5-6-14(13)17/h5-6,9,17H,4,7-8,10H2,1-3H3. The fourth-order valence-corrected chi connectivity index (χ4v) is 1.74. The molecule has 0 bridgehead atoms. The quantitative estimate of drug-likeness (QED) is 0.754. The molecule has 4 heteroatoms. The van der Waals surface area contributed by atoms with Crippen molar-refractivity contribution < 1.29 is 14.6 Å². The number of phenolic OH excluding ortho intramolecular Hbond substituents is 1. The third-order valence-corrected chi connectivity index (χ3v) is 2.94. The first-order valence-corrected chi connectivity index (χ1v) is 6.12. The van der Waals surface area contributed by atoms with Crippen molar-refractivity contribution in [3.05, 3.63) is 29.3 Å². The molecule has 0 atom stereocenters. The Balaban J connectivity index is 2.80. The van der Waals surface area contributed by atoms with E-state index < -0.39 is 0 Å². The molecule has 0 heterocycles. The summed E-state index contributed by atoms with van der Waals surface area (Å²) in [5.74, 6) is 0.243. The van der Waals surface area contributed by atoms with Crippen LogP contribution < -0.4 is 0 Å². The first-order valence-electron chi connectivity index (χ1n) is 6.12. The molecule has 1 aromatic rings. The van der Waals surface area contributed by atoms with Gasteiger partial charge in [-0.3, -0.25) is 9.69 Å². The van der Waals surface area contributed by atoms with Gasteiger partial charge in [0.1, 0.15) is 5.75 Å². The van der Waals surface area contributed by atoms with Crippen molar-refractivity contribution in [1.29, 1.82) is 0 Å². The summed E-state index contributed by atoms with van der Waals surface area (Å²) < 4.78 is 5.05.